The predicted molar refractivity (Wildman–Crippen MR) is 72.6 cm³/mol. The molecule has 0 aromatic heterocycles. The molecule has 0 saturated carbocycles. The fourth-order valence-corrected chi connectivity index (χ4v) is 1.43. The van der Waals surface area contributed by atoms with Crippen molar-refractivity contribution in [3.05, 3.63) is 29.3 Å². The number of anilines is 1. The van der Waals surface area contributed by atoms with Crippen LogP contribution in [-0.4, -0.2) is 18.0 Å². The Labute approximate surface area is 106 Å². The molecule has 0 aliphatic rings. The quantitative estimate of drug-likeness (QED) is 0.554. The summed E-state index contributed by atoms with van der Waals surface area (Å²) in [5.41, 5.74) is 12.0. The van der Waals surface area contributed by atoms with E-state index in [-0.39, 0.29) is 18.0 Å². The molecule has 0 atom stereocenters. The third-order valence-electron chi connectivity index (χ3n) is 1.95. The molecule has 0 radical (unpaired) electrons. The Bertz CT molecular complexity index is 424. The summed E-state index contributed by atoms with van der Waals surface area (Å²) in [6, 6.07) is 6.90. The highest BCUT2D eigenvalue weighted by atomic mass is 35.5. The summed E-state index contributed by atoms with van der Waals surface area (Å²) in [5.74, 6) is 0.00375. The van der Waals surface area contributed by atoms with Gasteiger partial charge in [-0.25, -0.2) is 4.99 Å². The van der Waals surface area contributed by atoms with Gasteiger partial charge in [0.25, 0.3) is 0 Å². The van der Waals surface area contributed by atoms with Crippen molar-refractivity contribution in [2.24, 2.45) is 16.5 Å². The van der Waals surface area contributed by atoms with Crippen molar-refractivity contribution in [1.82, 2.24) is 0 Å². The third-order valence-corrected chi connectivity index (χ3v) is 2.20. The fourth-order valence-electron chi connectivity index (χ4n) is 1.31. The van der Waals surface area contributed by atoms with Crippen molar-refractivity contribution >= 4 is 29.2 Å². The maximum Gasteiger partial charge on any atom is 0.203 e. The van der Waals surface area contributed by atoms with Crippen molar-refractivity contribution in [2.45, 2.75) is 19.9 Å². The molecule has 0 saturated heterocycles. The maximum atomic E-state index is 7.53. The number of hydrogen-bond donors (Lipinski definition) is 3. The van der Waals surface area contributed by atoms with Crippen LogP contribution in [0.5, 0.6) is 0 Å². The second-order valence-electron chi connectivity index (χ2n) is 3.78. The Hall–Kier alpha value is -1.75. The van der Waals surface area contributed by atoms with Crippen LogP contribution in [0.3, 0.4) is 0 Å². The Morgan fingerprint density at radius 1 is 1.29 bits per heavy atom. The zero-order chi connectivity index (χ0) is 13.0. The largest absolute Gasteiger partial charge is 0.369 e. The second kappa shape index (κ2) is 5.54. The lowest BCUT2D eigenvalue weighted by molar-refractivity contribution is 0.830. The number of nitrogens with zero attached hydrogens (tertiary/aromatic N) is 2. The summed E-state index contributed by atoms with van der Waals surface area (Å²) < 4.78 is 0. The number of aliphatic imine (C=N–C) groups is 1. The van der Waals surface area contributed by atoms with Gasteiger partial charge in [0, 0.05) is 11.1 Å². The van der Waals surface area contributed by atoms with Gasteiger partial charge >= 0.3 is 0 Å². The van der Waals surface area contributed by atoms with E-state index in [0.717, 1.165) is 0 Å². The molecule has 92 valence electrons. The van der Waals surface area contributed by atoms with Crippen molar-refractivity contribution in [3.8, 4) is 0 Å². The zero-order valence-corrected chi connectivity index (χ0v) is 10.6. The molecule has 0 unspecified atom stereocenters. The van der Waals surface area contributed by atoms with Crippen LogP contribution >= 0.6 is 11.6 Å². The van der Waals surface area contributed by atoms with Gasteiger partial charge in [-0.05, 0) is 38.1 Å². The highest BCUT2D eigenvalue weighted by molar-refractivity contribution is 6.30. The van der Waals surface area contributed by atoms with E-state index in [2.05, 4.69) is 4.99 Å². The van der Waals surface area contributed by atoms with Gasteiger partial charge in [0.05, 0.1) is 5.69 Å². The van der Waals surface area contributed by atoms with Crippen molar-refractivity contribution in [2.75, 3.05) is 4.90 Å². The first-order valence-corrected chi connectivity index (χ1v) is 5.52. The van der Waals surface area contributed by atoms with Gasteiger partial charge in [-0.1, -0.05) is 11.6 Å². The van der Waals surface area contributed by atoms with Gasteiger partial charge < -0.3 is 11.5 Å². The van der Waals surface area contributed by atoms with Gasteiger partial charge in [0.1, 0.15) is 0 Å². The third kappa shape index (κ3) is 3.64. The summed E-state index contributed by atoms with van der Waals surface area (Å²) in [6.07, 6.45) is 0. The van der Waals surface area contributed by atoms with Gasteiger partial charge in [-0.3, -0.25) is 10.3 Å². The molecular weight excluding hydrogens is 238 g/mol. The minimum Gasteiger partial charge on any atom is -0.369 e. The zero-order valence-electron chi connectivity index (χ0n) is 9.81. The first-order chi connectivity index (χ1) is 7.91. The lowest BCUT2D eigenvalue weighted by atomic mass is 10.3. The topological polar surface area (TPSA) is 91.5 Å². The lowest BCUT2D eigenvalue weighted by Gasteiger charge is -2.22. The molecule has 0 heterocycles. The van der Waals surface area contributed by atoms with Gasteiger partial charge in [0.15, 0.2) is 5.96 Å². The van der Waals surface area contributed by atoms with Crippen molar-refractivity contribution < 1.29 is 0 Å². The monoisotopic (exact) mass is 253 g/mol. The number of rotatable bonds is 2. The molecular formula is C11H16ClN5. The number of nitrogens with one attached hydrogen (secondary N) is 1. The lowest BCUT2D eigenvalue weighted by Crippen LogP contribution is -2.46. The first kappa shape index (κ1) is 13.3. The molecule has 0 aliphatic carbocycles. The molecule has 0 bridgehead atoms. The average molecular weight is 254 g/mol. The molecule has 0 aliphatic heterocycles. The van der Waals surface area contributed by atoms with E-state index >= 15 is 0 Å². The van der Waals surface area contributed by atoms with E-state index in [0.29, 0.717) is 10.7 Å². The van der Waals surface area contributed by atoms with Crippen LogP contribution < -0.4 is 16.4 Å². The van der Waals surface area contributed by atoms with E-state index in [1.807, 2.05) is 13.8 Å². The number of benzene rings is 1. The summed E-state index contributed by atoms with van der Waals surface area (Å²) in [5, 5.41) is 8.14. The molecule has 5 N–H and O–H groups in total. The van der Waals surface area contributed by atoms with E-state index < -0.39 is 0 Å². The first-order valence-electron chi connectivity index (χ1n) is 5.15. The van der Waals surface area contributed by atoms with E-state index in [1.54, 1.807) is 24.3 Å². The van der Waals surface area contributed by atoms with Gasteiger partial charge in [-0.15, -0.1) is 0 Å². The predicted octanol–water partition coefficient (Wildman–Crippen LogP) is 1.76. The SMILES string of the molecule is CC(C)N=C(N)N(C(=N)N)c1ccc(Cl)cc1. The summed E-state index contributed by atoms with van der Waals surface area (Å²) >= 11 is 5.79. The molecule has 0 spiro atoms. The minimum atomic E-state index is -0.186. The van der Waals surface area contributed by atoms with Crippen LogP contribution in [0.15, 0.2) is 29.3 Å². The molecule has 1 aromatic carbocycles. The molecule has 5 nitrogen and oxygen atoms in total. The highest BCUT2D eigenvalue weighted by Crippen LogP contribution is 2.17. The van der Waals surface area contributed by atoms with E-state index in [4.69, 9.17) is 28.5 Å². The Kier molecular flexibility index (Phi) is 4.34. The number of guanidine groups is 2. The van der Waals surface area contributed by atoms with Crippen LogP contribution in [0.2, 0.25) is 5.02 Å². The Balaban J connectivity index is 3.10. The van der Waals surface area contributed by atoms with Crippen LogP contribution in [0.4, 0.5) is 5.69 Å². The fraction of sp³-hybridized carbons (Fsp3) is 0.273. The molecule has 1 rings (SSSR count). The van der Waals surface area contributed by atoms with E-state index in [9.17, 15) is 0 Å². The molecule has 0 amide bonds. The number of nitrogens with two attached hydrogens (primary N) is 2. The standard InChI is InChI=1S/C11H16ClN5/c1-7(2)16-11(15)17(10(13)14)9-5-3-8(12)4-6-9/h3-7H,1-2H3,(H3,13,14)(H2,15,16). The van der Waals surface area contributed by atoms with Crippen LogP contribution in [0.25, 0.3) is 0 Å². The smallest absolute Gasteiger partial charge is 0.203 e. The van der Waals surface area contributed by atoms with Gasteiger partial charge in [0.2, 0.25) is 5.96 Å². The maximum absolute atomic E-state index is 7.53. The minimum absolute atomic E-state index is 0.0316. The van der Waals surface area contributed by atoms with Gasteiger partial charge in [-0.2, -0.15) is 0 Å². The van der Waals surface area contributed by atoms with Crippen LogP contribution in [-0.2, 0) is 0 Å². The molecule has 1 aromatic rings. The molecule has 6 heteroatoms. The highest BCUT2D eigenvalue weighted by Gasteiger charge is 2.14. The molecule has 17 heavy (non-hydrogen) atoms. The van der Waals surface area contributed by atoms with Crippen molar-refractivity contribution in [1.29, 1.82) is 5.41 Å². The number of halogens is 1. The van der Waals surface area contributed by atoms with Crippen molar-refractivity contribution in [3.63, 3.8) is 0 Å². The summed E-state index contributed by atoms with van der Waals surface area (Å²) in [6.45, 7) is 3.79. The van der Waals surface area contributed by atoms with Crippen LogP contribution in [0, 0.1) is 5.41 Å². The molecule has 0 fully saturated rings. The average Bonchev–Trinajstić information content (AvgIpc) is 2.19. The van der Waals surface area contributed by atoms with Crippen LogP contribution in [0.1, 0.15) is 13.8 Å². The Morgan fingerprint density at radius 3 is 2.24 bits per heavy atom. The normalized spacial score (nSPS) is 11.6. The summed E-state index contributed by atoms with van der Waals surface area (Å²) in [4.78, 5) is 5.52. The second-order valence-corrected chi connectivity index (χ2v) is 4.21. The van der Waals surface area contributed by atoms with E-state index in [1.165, 1.54) is 4.90 Å². The number of hydrogen-bond acceptors (Lipinski definition) is 2. The summed E-state index contributed by atoms with van der Waals surface area (Å²) in [7, 11) is 0. The Morgan fingerprint density at radius 2 is 1.82 bits per heavy atom.